The number of anilines is 3. The van der Waals surface area contributed by atoms with Crippen molar-refractivity contribution in [1.29, 1.82) is 0 Å². The molecule has 0 fully saturated rings. The Morgan fingerprint density at radius 3 is 2.43 bits per heavy atom. The van der Waals surface area contributed by atoms with Crippen molar-refractivity contribution in [2.75, 3.05) is 17.7 Å². The molecule has 1 aromatic heterocycles. The fourth-order valence-electron chi connectivity index (χ4n) is 2.85. The zero-order chi connectivity index (χ0) is 20.1. The van der Waals surface area contributed by atoms with Crippen molar-refractivity contribution in [2.45, 2.75) is 26.7 Å². The maximum atomic E-state index is 12.6. The number of rotatable bonds is 6. The molecule has 3 rings (SSSR count). The number of carbonyl (C=O) groups is 1. The molecular formula is C22H24N4O2. The first kappa shape index (κ1) is 19.4. The summed E-state index contributed by atoms with van der Waals surface area (Å²) in [6, 6.07) is 16.8. The molecule has 0 saturated heterocycles. The lowest BCUT2D eigenvalue weighted by atomic mass is 10.0. The van der Waals surface area contributed by atoms with Gasteiger partial charge in [-0.2, -0.15) is 0 Å². The second kappa shape index (κ2) is 8.52. The maximum absolute atomic E-state index is 12.6. The van der Waals surface area contributed by atoms with Crippen LogP contribution in [0.5, 0.6) is 5.75 Å². The van der Waals surface area contributed by atoms with Crippen molar-refractivity contribution in [3.63, 3.8) is 0 Å². The number of para-hydroxylation sites is 1. The van der Waals surface area contributed by atoms with Crippen LogP contribution in [0.1, 0.15) is 41.5 Å². The lowest BCUT2D eigenvalue weighted by molar-refractivity contribution is 0.102. The van der Waals surface area contributed by atoms with Gasteiger partial charge in [0.1, 0.15) is 11.4 Å². The molecule has 1 amide bonds. The lowest BCUT2D eigenvalue weighted by Gasteiger charge is -2.14. The molecule has 144 valence electrons. The van der Waals surface area contributed by atoms with Gasteiger partial charge in [-0.25, -0.2) is 9.97 Å². The first-order valence-electron chi connectivity index (χ1n) is 9.13. The molecule has 0 saturated carbocycles. The Kier molecular flexibility index (Phi) is 5.89. The van der Waals surface area contributed by atoms with E-state index in [2.05, 4.69) is 40.5 Å². The van der Waals surface area contributed by atoms with E-state index < -0.39 is 0 Å². The number of hydrogen-bond donors (Lipinski definition) is 2. The normalized spacial score (nSPS) is 10.6. The third kappa shape index (κ3) is 4.65. The predicted octanol–water partition coefficient (Wildman–Crippen LogP) is 4.91. The summed E-state index contributed by atoms with van der Waals surface area (Å²) >= 11 is 0. The highest BCUT2D eigenvalue weighted by Gasteiger charge is 2.13. The average molecular weight is 376 g/mol. The van der Waals surface area contributed by atoms with Gasteiger partial charge < -0.3 is 15.4 Å². The van der Waals surface area contributed by atoms with Gasteiger partial charge >= 0.3 is 0 Å². The van der Waals surface area contributed by atoms with Crippen molar-refractivity contribution in [3.05, 3.63) is 71.5 Å². The summed E-state index contributed by atoms with van der Waals surface area (Å²) in [5.74, 6) is 1.18. The van der Waals surface area contributed by atoms with Crippen molar-refractivity contribution in [3.8, 4) is 5.75 Å². The quantitative estimate of drug-likeness (QED) is 0.639. The Hall–Kier alpha value is -3.41. The molecule has 0 bridgehead atoms. The Balaban J connectivity index is 1.82. The minimum Gasteiger partial charge on any atom is -0.497 e. The largest absolute Gasteiger partial charge is 0.497 e. The summed E-state index contributed by atoms with van der Waals surface area (Å²) in [6.07, 6.45) is 0. The fraction of sp³-hybridized carbons (Fsp3) is 0.227. The van der Waals surface area contributed by atoms with E-state index >= 15 is 0 Å². The first-order valence-corrected chi connectivity index (χ1v) is 9.13. The van der Waals surface area contributed by atoms with Crippen LogP contribution in [0.3, 0.4) is 0 Å². The van der Waals surface area contributed by atoms with Gasteiger partial charge in [-0.3, -0.25) is 4.79 Å². The van der Waals surface area contributed by atoms with Gasteiger partial charge in [-0.1, -0.05) is 32.0 Å². The van der Waals surface area contributed by atoms with Crippen LogP contribution >= 0.6 is 0 Å². The molecule has 0 aliphatic rings. The van der Waals surface area contributed by atoms with E-state index in [-0.39, 0.29) is 5.91 Å². The Bertz CT molecular complexity index is 969. The maximum Gasteiger partial charge on any atom is 0.274 e. The Morgan fingerprint density at radius 1 is 1.04 bits per heavy atom. The van der Waals surface area contributed by atoms with Crippen molar-refractivity contribution in [1.82, 2.24) is 9.97 Å². The van der Waals surface area contributed by atoms with Crippen molar-refractivity contribution >= 4 is 23.2 Å². The van der Waals surface area contributed by atoms with Crippen LogP contribution in [0.15, 0.2) is 54.6 Å². The third-order valence-electron chi connectivity index (χ3n) is 4.26. The molecule has 28 heavy (non-hydrogen) atoms. The van der Waals surface area contributed by atoms with Crippen LogP contribution in [-0.2, 0) is 0 Å². The molecule has 0 atom stereocenters. The summed E-state index contributed by atoms with van der Waals surface area (Å²) in [4.78, 5) is 21.5. The van der Waals surface area contributed by atoms with Crippen LogP contribution in [0, 0.1) is 6.92 Å². The number of nitrogens with one attached hydrogen (secondary N) is 2. The number of benzene rings is 2. The molecule has 0 unspecified atom stereocenters. The van der Waals surface area contributed by atoms with Crippen LogP contribution in [0.2, 0.25) is 0 Å². The molecule has 2 aromatic carbocycles. The van der Waals surface area contributed by atoms with Crippen LogP contribution in [-0.4, -0.2) is 23.0 Å². The summed E-state index contributed by atoms with van der Waals surface area (Å²) in [7, 11) is 1.60. The number of aromatic nitrogens is 2. The molecule has 1 heterocycles. The molecule has 0 radical (unpaired) electrons. The molecule has 2 N–H and O–H groups in total. The van der Waals surface area contributed by atoms with Crippen LogP contribution in [0.25, 0.3) is 0 Å². The molecule has 3 aromatic rings. The molecule has 0 aliphatic heterocycles. The smallest absolute Gasteiger partial charge is 0.274 e. The number of ether oxygens (including phenoxy) is 1. The SMILES string of the molecule is COc1ccc(NC(=O)c2cc(C)nc(Nc3ccccc3C(C)C)n2)cc1. The average Bonchev–Trinajstić information content (AvgIpc) is 2.68. The molecule has 0 spiro atoms. The van der Waals surface area contributed by atoms with Crippen molar-refractivity contribution < 1.29 is 9.53 Å². The minimum absolute atomic E-state index is 0.295. The van der Waals surface area contributed by atoms with Crippen LogP contribution < -0.4 is 15.4 Å². The number of carbonyl (C=O) groups excluding carboxylic acids is 1. The van der Waals surface area contributed by atoms with E-state index in [9.17, 15) is 4.79 Å². The number of hydrogen-bond acceptors (Lipinski definition) is 5. The summed E-state index contributed by atoms with van der Waals surface area (Å²) in [5.41, 5.74) is 3.77. The standard InChI is InChI=1S/C22H24N4O2/c1-14(2)18-7-5-6-8-19(18)25-22-23-15(3)13-20(26-22)21(27)24-16-9-11-17(28-4)12-10-16/h5-14H,1-4H3,(H,24,27)(H,23,25,26). The number of nitrogens with zero attached hydrogens (tertiary/aromatic N) is 2. The van der Waals surface area contributed by atoms with E-state index in [1.165, 1.54) is 0 Å². The van der Waals surface area contributed by atoms with Gasteiger partial charge in [-0.05, 0) is 54.8 Å². The molecule has 0 aliphatic carbocycles. The van der Waals surface area contributed by atoms with E-state index in [0.717, 1.165) is 17.0 Å². The number of methoxy groups -OCH3 is 1. The Labute approximate surface area is 165 Å². The van der Waals surface area contributed by atoms with E-state index in [0.29, 0.717) is 28.9 Å². The zero-order valence-corrected chi connectivity index (χ0v) is 16.5. The topological polar surface area (TPSA) is 76.1 Å². The van der Waals surface area contributed by atoms with Gasteiger partial charge in [0.05, 0.1) is 7.11 Å². The highest BCUT2D eigenvalue weighted by molar-refractivity contribution is 6.03. The second-order valence-electron chi connectivity index (χ2n) is 6.77. The van der Waals surface area contributed by atoms with E-state index in [1.54, 1.807) is 37.4 Å². The monoisotopic (exact) mass is 376 g/mol. The van der Waals surface area contributed by atoms with Gasteiger partial charge in [0.25, 0.3) is 5.91 Å². The third-order valence-corrected chi connectivity index (χ3v) is 4.26. The van der Waals surface area contributed by atoms with E-state index in [4.69, 9.17) is 4.74 Å². The molecule has 6 nitrogen and oxygen atoms in total. The fourth-order valence-corrected chi connectivity index (χ4v) is 2.85. The predicted molar refractivity (Wildman–Crippen MR) is 112 cm³/mol. The highest BCUT2D eigenvalue weighted by atomic mass is 16.5. The number of aryl methyl sites for hydroxylation is 1. The van der Waals surface area contributed by atoms with E-state index in [1.807, 2.05) is 25.1 Å². The van der Waals surface area contributed by atoms with Gasteiger partial charge in [0, 0.05) is 17.1 Å². The summed E-state index contributed by atoms with van der Waals surface area (Å²) in [6.45, 7) is 6.10. The molecular weight excluding hydrogens is 352 g/mol. The molecule has 6 heteroatoms. The number of amides is 1. The summed E-state index contributed by atoms with van der Waals surface area (Å²) in [5, 5.41) is 6.10. The first-order chi connectivity index (χ1) is 13.5. The van der Waals surface area contributed by atoms with Gasteiger partial charge in [-0.15, -0.1) is 0 Å². The van der Waals surface area contributed by atoms with Crippen molar-refractivity contribution in [2.24, 2.45) is 0 Å². The van der Waals surface area contributed by atoms with Gasteiger partial charge in [0.15, 0.2) is 0 Å². The lowest BCUT2D eigenvalue weighted by Crippen LogP contribution is -2.15. The summed E-state index contributed by atoms with van der Waals surface area (Å²) < 4.78 is 5.13. The Morgan fingerprint density at radius 2 is 1.75 bits per heavy atom. The minimum atomic E-state index is -0.295. The highest BCUT2D eigenvalue weighted by Crippen LogP contribution is 2.26. The van der Waals surface area contributed by atoms with Gasteiger partial charge in [0.2, 0.25) is 5.95 Å². The second-order valence-corrected chi connectivity index (χ2v) is 6.77. The zero-order valence-electron chi connectivity index (χ0n) is 16.5. The van der Waals surface area contributed by atoms with Crippen LogP contribution in [0.4, 0.5) is 17.3 Å².